The van der Waals surface area contributed by atoms with E-state index in [9.17, 15) is 14.0 Å². The Morgan fingerprint density at radius 3 is 2.52 bits per heavy atom. The molecule has 0 heterocycles. The smallest absolute Gasteiger partial charge is 0.270 e. The van der Waals surface area contributed by atoms with Gasteiger partial charge in [-0.25, -0.2) is 4.39 Å². The van der Waals surface area contributed by atoms with Crippen LogP contribution >= 0.6 is 27.7 Å². The van der Waals surface area contributed by atoms with Gasteiger partial charge < -0.3 is 0 Å². The minimum absolute atomic E-state index is 0.108. The van der Waals surface area contributed by atoms with Crippen LogP contribution in [0, 0.1) is 12.7 Å². The second-order valence-electron chi connectivity index (χ2n) is 4.73. The molecule has 0 fully saturated rings. The summed E-state index contributed by atoms with van der Waals surface area (Å²) >= 11 is 4.52. The van der Waals surface area contributed by atoms with E-state index in [-0.39, 0.29) is 17.2 Å². The highest BCUT2D eigenvalue weighted by molar-refractivity contribution is 9.10. The second kappa shape index (κ2) is 8.12. The summed E-state index contributed by atoms with van der Waals surface area (Å²) in [5, 5.41) is 0. The number of rotatable bonds is 4. The van der Waals surface area contributed by atoms with Crippen molar-refractivity contribution in [3.8, 4) is 0 Å². The zero-order valence-electron chi connectivity index (χ0n) is 12.2. The highest BCUT2D eigenvalue weighted by Gasteiger charge is 2.12. The summed E-state index contributed by atoms with van der Waals surface area (Å²) in [6.07, 6.45) is 0. The number of amides is 2. The van der Waals surface area contributed by atoms with Crippen LogP contribution in [0.3, 0.4) is 0 Å². The monoisotopic (exact) mass is 396 g/mol. The van der Waals surface area contributed by atoms with Crippen LogP contribution in [0.4, 0.5) is 4.39 Å². The number of halogens is 2. The molecular formula is C16H14BrFN2O2S. The number of nitrogens with one attached hydrogen (secondary N) is 2. The Morgan fingerprint density at radius 2 is 1.83 bits per heavy atom. The molecule has 0 aliphatic heterocycles. The minimum atomic E-state index is -0.593. The molecule has 7 heteroatoms. The van der Waals surface area contributed by atoms with Crippen molar-refractivity contribution >= 4 is 39.5 Å². The largest absolute Gasteiger partial charge is 0.272 e. The van der Waals surface area contributed by atoms with Crippen molar-refractivity contribution in [1.82, 2.24) is 10.9 Å². The first kappa shape index (κ1) is 17.5. The normalized spacial score (nSPS) is 10.2. The molecule has 0 aromatic heterocycles. The molecule has 0 spiro atoms. The van der Waals surface area contributed by atoms with Crippen LogP contribution in [0.2, 0.25) is 0 Å². The molecular weight excluding hydrogens is 383 g/mol. The van der Waals surface area contributed by atoms with Gasteiger partial charge in [0.05, 0.1) is 11.3 Å². The number of carbonyl (C=O) groups excluding carboxylic acids is 2. The molecule has 2 aromatic carbocycles. The van der Waals surface area contributed by atoms with Gasteiger partial charge in [0.2, 0.25) is 5.91 Å². The van der Waals surface area contributed by atoms with Crippen molar-refractivity contribution in [3.63, 3.8) is 0 Å². The zero-order chi connectivity index (χ0) is 16.8. The van der Waals surface area contributed by atoms with Crippen LogP contribution < -0.4 is 10.9 Å². The van der Waals surface area contributed by atoms with E-state index in [0.717, 1.165) is 16.5 Å². The summed E-state index contributed by atoms with van der Waals surface area (Å²) < 4.78 is 13.6. The molecule has 4 nitrogen and oxygen atoms in total. The Morgan fingerprint density at radius 1 is 1.13 bits per heavy atom. The van der Waals surface area contributed by atoms with Gasteiger partial charge in [-0.1, -0.05) is 17.7 Å². The maximum atomic E-state index is 13.2. The molecule has 0 atom stereocenters. The van der Waals surface area contributed by atoms with Crippen LogP contribution in [0.5, 0.6) is 0 Å². The molecule has 23 heavy (non-hydrogen) atoms. The molecule has 0 unspecified atom stereocenters. The number of hydrogen-bond acceptors (Lipinski definition) is 3. The van der Waals surface area contributed by atoms with Crippen molar-refractivity contribution in [2.75, 3.05) is 5.75 Å². The lowest BCUT2D eigenvalue weighted by atomic mass is 10.2. The third kappa shape index (κ3) is 5.37. The van der Waals surface area contributed by atoms with Crippen molar-refractivity contribution in [2.24, 2.45) is 0 Å². The predicted molar refractivity (Wildman–Crippen MR) is 91.6 cm³/mol. The molecule has 0 aliphatic rings. The Bertz CT molecular complexity index is 723. The SMILES string of the molecule is Cc1ccc(SCC(=O)NNC(=O)c2cc(F)ccc2Br)cc1. The molecule has 120 valence electrons. The van der Waals surface area contributed by atoms with Gasteiger partial charge in [-0.15, -0.1) is 11.8 Å². The Labute approximate surface area is 145 Å². The summed E-state index contributed by atoms with van der Waals surface area (Å²) in [7, 11) is 0. The molecule has 2 amide bonds. The quantitative estimate of drug-likeness (QED) is 0.614. The fourth-order valence-electron chi connectivity index (χ4n) is 1.68. The maximum Gasteiger partial charge on any atom is 0.270 e. The lowest BCUT2D eigenvalue weighted by Gasteiger charge is -2.08. The average molecular weight is 397 g/mol. The van der Waals surface area contributed by atoms with Crippen LogP contribution in [0.1, 0.15) is 15.9 Å². The molecule has 0 radical (unpaired) electrons. The lowest BCUT2D eigenvalue weighted by molar-refractivity contribution is -0.119. The van der Waals surface area contributed by atoms with Gasteiger partial charge in [-0.05, 0) is 53.2 Å². The number of hydrazine groups is 1. The molecule has 2 rings (SSSR count). The van der Waals surface area contributed by atoms with E-state index < -0.39 is 11.7 Å². The van der Waals surface area contributed by atoms with Crippen molar-refractivity contribution < 1.29 is 14.0 Å². The Balaban J connectivity index is 1.83. The molecule has 0 aliphatic carbocycles. The van der Waals surface area contributed by atoms with E-state index in [1.165, 1.54) is 23.9 Å². The minimum Gasteiger partial charge on any atom is -0.272 e. The van der Waals surface area contributed by atoms with E-state index in [4.69, 9.17) is 0 Å². The third-order valence-corrected chi connectivity index (χ3v) is 4.58. The van der Waals surface area contributed by atoms with Gasteiger partial charge in [0.15, 0.2) is 0 Å². The van der Waals surface area contributed by atoms with Gasteiger partial charge in [-0.3, -0.25) is 20.4 Å². The van der Waals surface area contributed by atoms with Crippen LogP contribution in [-0.2, 0) is 4.79 Å². The highest BCUT2D eigenvalue weighted by Crippen LogP contribution is 2.18. The zero-order valence-corrected chi connectivity index (χ0v) is 14.6. The summed E-state index contributed by atoms with van der Waals surface area (Å²) in [5.41, 5.74) is 5.82. The van der Waals surface area contributed by atoms with E-state index in [0.29, 0.717) is 4.47 Å². The van der Waals surface area contributed by atoms with Gasteiger partial charge in [-0.2, -0.15) is 0 Å². The molecule has 0 saturated carbocycles. The Kier molecular flexibility index (Phi) is 6.18. The topological polar surface area (TPSA) is 58.2 Å². The lowest BCUT2D eigenvalue weighted by Crippen LogP contribution is -2.42. The standard InChI is InChI=1S/C16H14BrFN2O2S/c1-10-2-5-12(6-3-10)23-9-15(21)19-20-16(22)13-8-11(18)4-7-14(13)17/h2-8H,9H2,1H3,(H,19,21)(H,20,22). The van der Waals surface area contributed by atoms with E-state index in [1.54, 1.807) is 0 Å². The number of carbonyl (C=O) groups is 2. The molecule has 0 bridgehead atoms. The van der Waals surface area contributed by atoms with E-state index >= 15 is 0 Å². The molecule has 0 saturated heterocycles. The maximum absolute atomic E-state index is 13.2. The number of benzene rings is 2. The number of thioether (sulfide) groups is 1. The summed E-state index contributed by atoms with van der Waals surface area (Å²) in [6.45, 7) is 1.99. The van der Waals surface area contributed by atoms with Crippen molar-refractivity contribution in [1.29, 1.82) is 0 Å². The van der Waals surface area contributed by atoms with Gasteiger partial charge in [0.25, 0.3) is 5.91 Å². The number of aryl methyl sites for hydroxylation is 1. The summed E-state index contributed by atoms with van der Waals surface area (Å²) in [5.74, 6) is -1.31. The van der Waals surface area contributed by atoms with Gasteiger partial charge in [0.1, 0.15) is 5.82 Å². The van der Waals surface area contributed by atoms with E-state index in [2.05, 4.69) is 26.8 Å². The first-order valence-corrected chi connectivity index (χ1v) is 8.47. The van der Waals surface area contributed by atoms with Gasteiger partial charge >= 0.3 is 0 Å². The predicted octanol–water partition coefficient (Wildman–Crippen LogP) is 3.45. The average Bonchev–Trinajstić information content (AvgIpc) is 2.54. The molecule has 2 N–H and O–H groups in total. The first-order chi connectivity index (χ1) is 11.0. The van der Waals surface area contributed by atoms with Gasteiger partial charge in [0, 0.05) is 9.37 Å². The van der Waals surface area contributed by atoms with Crippen molar-refractivity contribution in [3.05, 3.63) is 63.9 Å². The summed E-state index contributed by atoms with van der Waals surface area (Å²) in [4.78, 5) is 24.6. The van der Waals surface area contributed by atoms with Crippen LogP contribution in [0.15, 0.2) is 51.8 Å². The first-order valence-electron chi connectivity index (χ1n) is 6.69. The third-order valence-electron chi connectivity index (χ3n) is 2.88. The number of hydrogen-bond donors (Lipinski definition) is 2. The van der Waals surface area contributed by atoms with Crippen LogP contribution in [0.25, 0.3) is 0 Å². The van der Waals surface area contributed by atoms with Crippen LogP contribution in [-0.4, -0.2) is 17.6 Å². The fourth-order valence-corrected chi connectivity index (χ4v) is 2.81. The second-order valence-corrected chi connectivity index (χ2v) is 6.63. The highest BCUT2D eigenvalue weighted by atomic mass is 79.9. The summed E-state index contributed by atoms with van der Waals surface area (Å²) in [6, 6.07) is 11.5. The van der Waals surface area contributed by atoms with Crippen molar-refractivity contribution in [2.45, 2.75) is 11.8 Å². The molecule has 2 aromatic rings. The van der Waals surface area contributed by atoms with E-state index in [1.807, 2.05) is 31.2 Å². The Hall–Kier alpha value is -1.86. The fraction of sp³-hybridized carbons (Fsp3) is 0.125.